The van der Waals surface area contributed by atoms with Crippen LogP contribution >= 0.6 is 11.6 Å². The molecule has 0 aliphatic heterocycles. The van der Waals surface area contributed by atoms with Crippen molar-refractivity contribution in [2.75, 3.05) is 0 Å². The molecule has 1 aromatic heterocycles. The molecular weight excluding hydrogens is 316 g/mol. The number of nitrogens with one attached hydrogen (secondary N) is 2. The molecule has 2 atom stereocenters. The number of aryl methyl sites for hydroxylation is 2. The minimum atomic E-state index is -0.902. The van der Waals surface area contributed by atoms with Crippen molar-refractivity contribution >= 4 is 17.5 Å². The first-order valence-corrected chi connectivity index (χ1v) is 7.62. The second-order valence-electron chi connectivity index (χ2n) is 5.60. The number of aromatic amines is 1. The van der Waals surface area contributed by atoms with E-state index in [4.69, 9.17) is 11.6 Å². The van der Waals surface area contributed by atoms with Crippen LogP contribution in [-0.2, 0) is 0 Å². The van der Waals surface area contributed by atoms with Crippen LogP contribution in [-0.4, -0.2) is 22.0 Å². The van der Waals surface area contributed by atoms with Gasteiger partial charge in [-0.2, -0.15) is 0 Å². The minimum Gasteiger partial charge on any atom is -0.386 e. The van der Waals surface area contributed by atoms with Crippen molar-refractivity contribution < 1.29 is 9.90 Å². The molecule has 0 radical (unpaired) electrons. The van der Waals surface area contributed by atoms with Crippen LogP contribution in [0.4, 0.5) is 0 Å². The van der Waals surface area contributed by atoms with Crippen LogP contribution in [0.1, 0.15) is 40.2 Å². The lowest BCUT2D eigenvalue weighted by molar-refractivity contribution is 0.0850. The standard InChI is InChI=1S/C17H19ClN2O3/c1-9-8-10(2)19-16(22)14(9)17(23)20-11(3)15(21)12-4-6-13(18)7-5-12/h4-8,11,15,21H,1-3H3,(H,19,22)(H,20,23). The molecule has 0 saturated carbocycles. The summed E-state index contributed by atoms with van der Waals surface area (Å²) in [5, 5.41) is 13.6. The normalized spacial score (nSPS) is 13.4. The van der Waals surface area contributed by atoms with Crippen molar-refractivity contribution in [1.29, 1.82) is 0 Å². The zero-order chi connectivity index (χ0) is 17.1. The van der Waals surface area contributed by atoms with E-state index in [-0.39, 0.29) is 5.56 Å². The first kappa shape index (κ1) is 17.2. The molecule has 1 heterocycles. The first-order chi connectivity index (χ1) is 10.8. The topological polar surface area (TPSA) is 82.2 Å². The average molecular weight is 335 g/mol. The molecule has 23 heavy (non-hydrogen) atoms. The van der Waals surface area contributed by atoms with Crippen molar-refractivity contribution in [2.45, 2.75) is 32.9 Å². The summed E-state index contributed by atoms with van der Waals surface area (Å²) in [7, 11) is 0. The monoisotopic (exact) mass is 334 g/mol. The molecule has 1 amide bonds. The Balaban J connectivity index is 2.17. The SMILES string of the molecule is Cc1cc(C)c(C(=O)NC(C)C(O)c2ccc(Cl)cc2)c(=O)[nH]1. The number of H-pyrrole nitrogens is 1. The zero-order valence-corrected chi connectivity index (χ0v) is 13.9. The van der Waals surface area contributed by atoms with Gasteiger partial charge in [-0.25, -0.2) is 0 Å². The second-order valence-corrected chi connectivity index (χ2v) is 6.03. The Morgan fingerprint density at radius 2 is 1.87 bits per heavy atom. The fourth-order valence-corrected chi connectivity index (χ4v) is 2.57. The van der Waals surface area contributed by atoms with Gasteiger partial charge in [0.1, 0.15) is 5.56 Å². The van der Waals surface area contributed by atoms with Gasteiger partial charge in [0.25, 0.3) is 11.5 Å². The lowest BCUT2D eigenvalue weighted by Crippen LogP contribution is -2.40. The third-order valence-corrected chi connectivity index (χ3v) is 3.89. The molecule has 5 nitrogen and oxygen atoms in total. The Morgan fingerprint density at radius 1 is 1.26 bits per heavy atom. The number of benzene rings is 1. The van der Waals surface area contributed by atoms with E-state index in [0.29, 0.717) is 21.8 Å². The van der Waals surface area contributed by atoms with Crippen LogP contribution in [0.15, 0.2) is 35.1 Å². The highest BCUT2D eigenvalue weighted by molar-refractivity contribution is 6.30. The summed E-state index contributed by atoms with van der Waals surface area (Å²) in [5.74, 6) is -0.510. The predicted octanol–water partition coefficient (Wildman–Crippen LogP) is 2.50. The summed E-state index contributed by atoms with van der Waals surface area (Å²) >= 11 is 5.82. The Hall–Kier alpha value is -2.11. The van der Waals surface area contributed by atoms with E-state index >= 15 is 0 Å². The van der Waals surface area contributed by atoms with Gasteiger partial charge in [-0.15, -0.1) is 0 Å². The molecule has 0 aliphatic carbocycles. The number of carbonyl (C=O) groups is 1. The van der Waals surface area contributed by atoms with Crippen molar-refractivity contribution in [3.8, 4) is 0 Å². The molecule has 0 bridgehead atoms. The molecule has 2 unspecified atom stereocenters. The predicted molar refractivity (Wildman–Crippen MR) is 89.9 cm³/mol. The maximum Gasteiger partial charge on any atom is 0.261 e. The molecular formula is C17H19ClN2O3. The molecule has 0 fully saturated rings. The smallest absolute Gasteiger partial charge is 0.261 e. The van der Waals surface area contributed by atoms with Gasteiger partial charge in [-0.3, -0.25) is 9.59 Å². The van der Waals surface area contributed by atoms with E-state index in [1.54, 1.807) is 51.1 Å². The number of carbonyl (C=O) groups excluding carboxylic acids is 1. The lowest BCUT2D eigenvalue weighted by Gasteiger charge is -2.21. The van der Waals surface area contributed by atoms with Crippen molar-refractivity contribution in [2.24, 2.45) is 0 Å². The summed E-state index contributed by atoms with van der Waals surface area (Å²) in [4.78, 5) is 26.9. The summed E-state index contributed by atoms with van der Waals surface area (Å²) < 4.78 is 0. The van der Waals surface area contributed by atoms with Crippen molar-refractivity contribution in [3.63, 3.8) is 0 Å². The molecule has 1 aromatic carbocycles. The van der Waals surface area contributed by atoms with E-state index in [1.807, 2.05) is 0 Å². The second kappa shape index (κ2) is 6.98. The Labute approximate surface area is 139 Å². The van der Waals surface area contributed by atoms with Crippen LogP contribution < -0.4 is 10.9 Å². The number of amides is 1. The number of aliphatic hydroxyl groups excluding tert-OH is 1. The lowest BCUT2D eigenvalue weighted by atomic mass is 10.0. The molecule has 2 aromatic rings. The van der Waals surface area contributed by atoms with Gasteiger partial charge >= 0.3 is 0 Å². The van der Waals surface area contributed by atoms with Gasteiger partial charge in [0.15, 0.2) is 0 Å². The molecule has 0 spiro atoms. The summed E-state index contributed by atoms with van der Waals surface area (Å²) in [5.41, 5.74) is 1.55. The number of hydrogen-bond acceptors (Lipinski definition) is 3. The number of aliphatic hydroxyl groups is 1. The highest BCUT2D eigenvalue weighted by Gasteiger charge is 2.21. The Kier molecular flexibility index (Phi) is 5.23. The highest BCUT2D eigenvalue weighted by atomic mass is 35.5. The summed E-state index contributed by atoms with van der Waals surface area (Å²) in [6.07, 6.45) is -0.902. The highest BCUT2D eigenvalue weighted by Crippen LogP contribution is 2.19. The fourth-order valence-electron chi connectivity index (χ4n) is 2.44. The van der Waals surface area contributed by atoms with E-state index in [9.17, 15) is 14.7 Å². The molecule has 2 rings (SSSR count). The average Bonchev–Trinajstić information content (AvgIpc) is 2.46. The van der Waals surface area contributed by atoms with E-state index < -0.39 is 23.6 Å². The van der Waals surface area contributed by atoms with Gasteiger partial charge in [-0.05, 0) is 50.1 Å². The Bertz CT molecular complexity index is 768. The zero-order valence-electron chi connectivity index (χ0n) is 13.2. The van der Waals surface area contributed by atoms with E-state index in [1.165, 1.54) is 0 Å². The van der Waals surface area contributed by atoms with Crippen LogP contribution in [0.3, 0.4) is 0 Å². The third-order valence-electron chi connectivity index (χ3n) is 3.64. The number of aromatic nitrogens is 1. The molecule has 6 heteroatoms. The van der Waals surface area contributed by atoms with Crippen LogP contribution in [0.25, 0.3) is 0 Å². The van der Waals surface area contributed by atoms with E-state index in [0.717, 1.165) is 0 Å². The van der Waals surface area contributed by atoms with Crippen molar-refractivity contribution in [1.82, 2.24) is 10.3 Å². The largest absolute Gasteiger partial charge is 0.386 e. The van der Waals surface area contributed by atoms with Crippen LogP contribution in [0.5, 0.6) is 0 Å². The van der Waals surface area contributed by atoms with Gasteiger partial charge in [0.05, 0.1) is 12.1 Å². The summed E-state index contributed by atoms with van der Waals surface area (Å²) in [6, 6.07) is 7.90. The third kappa shape index (κ3) is 4.00. The quantitative estimate of drug-likeness (QED) is 0.803. The number of pyridine rings is 1. The molecule has 0 saturated heterocycles. The fraction of sp³-hybridized carbons (Fsp3) is 0.294. The minimum absolute atomic E-state index is 0.0609. The van der Waals surface area contributed by atoms with Crippen LogP contribution in [0, 0.1) is 13.8 Å². The van der Waals surface area contributed by atoms with Crippen molar-refractivity contribution in [3.05, 3.63) is 68.1 Å². The summed E-state index contributed by atoms with van der Waals surface area (Å²) in [6.45, 7) is 5.13. The van der Waals surface area contributed by atoms with E-state index in [2.05, 4.69) is 10.3 Å². The van der Waals surface area contributed by atoms with Gasteiger partial charge in [0.2, 0.25) is 0 Å². The van der Waals surface area contributed by atoms with Gasteiger partial charge in [-0.1, -0.05) is 23.7 Å². The Morgan fingerprint density at radius 3 is 2.43 bits per heavy atom. The molecule has 0 aliphatic rings. The number of rotatable bonds is 4. The van der Waals surface area contributed by atoms with Gasteiger partial charge in [0, 0.05) is 10.7 Å². The number of hydrogen-bond donors (Lipinski definition) is 3. The number of halogens is 1. The van der Waals surface area contributed by atoms with Gasteiger partial charge < -0.3 is 15.4 Å². The molecule has 3 N–H and O–H groups in total. The maximum absolute atomic E-state index is 12.3. The maximum atomic E-state index is 12.3. The van der Waals surface area contributed by atoms with Crippen LogP contribution in [0.2, 0.25) is 5.02 Å². The molecule has 122 valence electrons. The first-order valence-electron chi connectivity index (χ1n) is 7.24.